The molecule has 1 rings (SSSR count). The molecule has 4 nitrogen and oxygen atoms in total. The van der Waals surface area contributed by atoms with Gasteiger partial charge in [-0.15, -0.1) is 0 Å². The number of aryl methyl sites for hydroxylation is 1. The van der Waals surface area contributed by atoms with Crippen molar-refractivity contribution in [1.29, 1.82) is 0 Å². The van der Waals surface area contributed by atoms with Crippen molar-refractivity contribution in [2.24, 2.45) is 0 Å². The predicted octanol–water partition coefficient (Wildman–Crippen LogP) is 2.84. The van der Waals surface area contributed by atoms with Crippen molar-refractivity contribution in [1.82, 2.24) is 0 Å². The summed E-state index contributed by atoms with van der Waals surface area (Å²) in [5.74, 6) is 0.397. The highest BCUT2D eigenvalue weighted by Crippen LogP contribution is 2.37. The molecule has 0 bridgehead atoms. The highest BCUT2D eigenvalue weighted by molar-refractivity contribution is 5.90. The van der Waals surface area contributed by atoms with Gasteiger partial charge in [-0.05, 0) is 36.5 Å². The Morgan fingerprint density at radius 1 is 1.35 bits per heavy atom. The van der Waals surface area contributed by atoms with Crippen molar-refractivity contribution in [2.75, 3.05) is 20.3 Å². The van der Waals surface area contributed by atoms with Crippen LogP contribution in [0.5, 0.6) is 5.75 Å². The van der Waals surface area contributed by atoms with Gasteiger partial charge in [0, 0.05) is 5.56 Å². The number of carbonyl (C=O) groups is 1. The minimum Gasteiger partial charge on any atom is -0.496 e. The van der Waals surface area contributed by atoms with Gasteiger partial charge in [0.1, 0.15) is 12.4 Å². The summed E-state index contributed by atoms with van der Waals surface area (Å²) in [7, 11) is 1.64. The summed E-state index contributed by atoms with van der Waals surface area (Å²) in [4.78, 5) is 11.9. The van der Waals surface area contributed by atoms with Gasteiger partial charge < -0.3 is 14.6 Å². The van der Waals surface area contributed by atoms with Crippen LogP contribution < -0.4 is 4.74 Å². The Bertz CT molecular complexity index is 478. The molecule has 0 aromatic heterocycles. The van der Waals surface area contributed by atoms with Crippen molar-refractivity contribution in [2.45, 2.75) is 39.5 Å². The van der Waals surface area contributed by atoms with Crippen LogP contribution in [0.15, 0.2) is 12.1 Å². The fourth-order valence-corrected chi connectivity index (χ4v) is 2.08. The molecule has 0 aliphatic rings. The molecule has 0 saturated heterocycles. The summed E-state index contributed by atoms with van der Waals surface area (Å²) in [5.41, 5.74) is 2.30. The Balaban J connectivity index is 3.28. The van der Waals surface area contributed by atoms with Crippen molar-refractivity contribution in [3.8, 4) is 5.75 Å². The Hall–Kier alpha value is -1.55. The molecule has 1 N–H and O–H groups in total. The molecule has 0 atom stereocenters. The van der Waals surface area contributed by atoms with Gasteiger partial charge in [-0.3, -0.25) is 0 Å². The largest absolute Gasteiger partial charge is 0.496 e. The fourth-order valence-electron chi connectivity index (χ4n) is 2.08. The topological polar surface area (TPSA) is 55.8 Å². The highest BCUT2D eigenvalue weighted by Gasteiger charge is 2.25. The fraction of sp³-hybridized carbons (Fsp3) is 0.562. The molecule has 0 heterocycles. The number of esters is 1. The summed E-state index contributed by atoms with van der Waals surface area (Å²) < 4.78 is 10.5. The number of carbonyl (C=O) groups excluding carboxylic acids is 1. The molecule has 1 aromatic rings. The molecule has 0 unspecified atom stereocenters. The van der Waals surface area contributed by atoms with Crippen LogP contribution in [0, 0.1) is 6.92 Å². The van der Waals surface area contributed by atoms with Gasteiger partial charge in [-0.2, -0.15) is 0 Å². The van der Waals surface area contributed by atoms with Crippen LogP contribution in [0.2, 0.25) is 0 Å². The summed E-state index contributed by atoms with van der Waals surface area (Å²) in [6.45, 7) is 8.09. The van der Waals surface area contributed by atoms with E-state index in [4.69, 9.17) is 14.6 Å². The zero-order chi connectivity index (χ0) is 15.3. The third-order valence-corrected chi connectivity index (χ3v) is 3.65. The lowest BCUT2D eigenvalue weighted by atomic mass is 9.80. The summed E-state index contributed by atoms with van der Waals surface area (Å²) in [5, 5.41) is 8.72. The smallest absolute Gasteiger partial charge is 0.338 e. The number of hydrogen-bond donors (Lipinski definition) is 1. The van der Waals surface area contributed by atoms with Gasteiger partial charge in [-0.1, -0.05) is 20.8 Å². The van der Waals surface area contributed by atoms with Crippen molar-refractivity contribution in [3.05, 3.63) is 28.8 Å². The predicted molar refractivity (Wildman–Crippen MR) is 78.4 cm³/mol. The van der Waals surface area contributed by atoms with Crippen LogP contribution in [0.25, 0.3) is 0 Å². The lowest BCUT2D eigenvalue weighted by Gasteiger charge is -2.27. The lowest BCUT2D eigenvalue weighted by Crippen LogP contribution is -2.19. The van der Waals surface area contributed by atoms with Crippen LogP contribution >= 0.6 is 0 Å². The van der Waals surface area contributed by atoms with Gasteiger partial charge in [0.05, 0.1) is 19.3 Å². The maximum absolute atomic E-state index is 11.9. The number of hydrogen-bond acceptors (Lipinski definition) is 4. The van der Waals surface area contributed by atoms with Gasteiger partial charge in [0.25, 0.3) is 0 Å². The zero-order valence-electron chi connectivity index (χ0n) is 12.9. The molecule has 0 radical (unpaired) electrons. The van der Waals surface area contributed by atoms with E-state index in [0.717, 1.165) is 23.3 Å². The molecule has 112 valence electrons. The number of benzene rings is 1. The van der Waals surface area contributed by atoms with Crippen LogP contribution in [0.3, 0.4) is 0 Å². The maximum atomic E-state index is 11.9. The quantitative estimate of drug-likeness (QED) is 0.814. The monoisotopic (exact) mass is 280 g/mol. The van der Waals surface area contributed by atoms with Gasteiger partial charge in [0.15, 0.2) is 0 Å². The van der Waals surface area contributed by atoms with E-state index >= 15 is 0 Å². The minimum absolute atomic E-state index is 0.0103. The van der Waals surface area contributed by atoms with Gasteiger partial charge >= 0.3 is 5.97 Å². The summed E-state index contributed by atoms with van der Waals surface area (Å²) in [6, 6.07) is 3.59. The summed E-state index contributed by atoms with van der Waals surface area (Å²) in [6.07, 6.45) is 0.929. The molecule has 0 amide bonds. The molecular formula is C16H24O4. The van der Waals surface area contributed by atoms with Crippen molar-refractivity contribution >= 4 is 5.97 Å². The second kappa shape index (κ2) is 6.75. The normalized spacial score (nSPS) is 11.3. The van der Waals surface area contributed by atoms with Crippen molar-refractivity contribution in [3.63, 3.8) is 0 Å². The van der Waals surface area contributed by atoms with Crippen LogP contribution in [0.1, 0.15) is 48.7 Å². The first kappa shape index (κ1) is 16.5. The first-order chi connectivity index (χ1) is 9.37. The number of methoxy groups -OCH3 is 1. The third kappa shape index (κ3) is 3.51. The number of aliphatic hydroxyl groups is 1. The zero-order valence-corrected chi connectivity index (χ0v) is 12.9. The lowest BCUT2D eigenvalue weighted by molar-refractivity contribution is 0.0433. The SMILES string of the molecule is CCC(C)(C)c1cc(C(=O)OCCO)cc(C)c1OC. The molecule has 0 spiro atoms. The Labute approximate surface area is 120 Å². The number of aliphatic hydroxyl groups excluding tert-OH is 1. The summed E-state index contributed by atoms with van der Waals surface area (Å²) >= 11 is 0. The first-order valence-corrected chi connectivity index (χ1v) is 6.84. The molecule has 0 saturated carbocycles. The Morgan fingerprint density at radius 2 is 2.00 bits per heavy atom. The Kier molecular flexibility index (Phi) is 5.57. The molecule has 0 aliphatic carbocycles. The van der Waals surface area contributed by atoms with Crippen LogP contribution in [-0.2, 0) is 10.2 Å². The van der Waals surface area contributed by atoms with E-state index in [2.05, 4.69) is 20.8 Å². The molecule has 1 aromatic carbocycles. The average Bonchev–Trinajstić information content (AvgIpc) is 2.43. The molecular weight excluding hydrogens is 256 g/mol. The first-order valence-electron chi connectivity index (χ1n) is 6.84. The van der Waals surface area contributed by atoms with E-state index in [0.29, 0.717) is 5.56 Å². The molecule has 0 aliphatic heterocycles. The highest BCUT2D eigenvalue weighted by atomic mass is 16.5. The van der Waals surface area contributed by atoms with Crippen LogP contribution in [-0.4, -0.2) is 31.4 Å². The standard InChI is InChI=1S/C16H24O4/c1-6-16(3,4)13-10-12(15(18)20-8-7-17)9-11(2)14(13)19-5/h9-10,17H,6-8H2,1-5H3. The maximum Gasteiger partial charge on any atom is 0.338 e. The molecule has 4 heteroatoms. The number of rotatable bonds is 6. The minimum atomic E-state index is -0.419. The molecule has 0 fully saturated rings. The van der Waals surface area contributed by atoms with E-state index in [1.54, 1.807) is 13.2 Å². The van der Waals surface area contributed by atoms with Crippen molar-refractivity contribution < 1.29 is 19.4 Å². The molecule has 20 heavy (non-hydrogen) atoms. The van der Waals surface area contributed by atoms with E-state index < -0.39 is 5.97 Å². The van der Waals surface area contributed by atoms with E-state index in [9.17, 15) is 4.79 Å². The average molecular weight is 280 g/mol. The second-order valence-electron chi connectivity index (χ2n) is 5.47. The van der Waals surface area contributed by atoms with E-state index in [-0.39, 0.29) is 18.6 Å². The van der Waals surface area contributed by atoms with Gasteiger partial charge in [0.2, 0.25) is 0 Å². The van der Waals surface area contributed by atoms with E-state index in [1.165, 1.54) is 0 Å². The van der Waals surface area contributed by atoms with E-state index in [1.807, 2.05) is 13.0 Å². The Morgan fingerprint density at radius 3 is 2.50 bits per heavy atom. The second-order valence-corrected chi connectivity index (χ2v) is 5.47. The number of ether oxygens (including phenoxy) is 2. The van der Waals surface area contributed by atoms with Gasteiger partial charge in [-0.25, -0.2) is 4.79 Å². The third-order valence-electron chi connectivity index (χ3n) is 3.65. The van der Waals surface area contributed by atoms with Crippen LogP contribution in [0.4, 0.5) is 0 Å².